The lowest BCUT2D eigenvalue weighted by molar-refractivity contribution is 0.0535. The standard InChI is InChI=1S/C17H22N2O2/c1-12-14-10-21-16(20)13(14)2-3-15(12)19-9-6-17(11-19)4-7-18-8-5-17/h2-3,18H,4-11H2,1H3. The van der Waals surface area contributed by atoms with E-state index in [1.807, 2.05) is 6.07 Å². The van der Waals surface area contributed by atoms with Crippen LogP contribution in [-0.4, -0.2) is 32.1 Å². The number of carbonyl (C=O) groups excluding carboxylic acids is 1. The van der Waals surface area contributed by atoms with Crippen LogP contribution in [0.2, 0.25) is 0 Å². The number of piperidine rings is 1. The smallest absolute Gasteiger partial charge is 0.338 e. The Morgan fingerprint density at radius 2 is 2.05 bits per heavy atom. The highest BCUT2D eigenvalue weighted by atomic mass is 16.5. The van der Waals surface area contributed by atoms with E-state index in [4.69, 9.17) is 4.74 Å². The summed E-state index contributed by atoms with van der Waals surface area (Å²) in [6.07, 6.45) is 3.87. The fourth-order valence-electron chi connectivity index (χ4n) is 4.19. The van der Waals surface area contributed by atoms with E-state index in [1.165, 1.54) is 30.5 Å². The van der Waals surface area contributed by atoms with E-state index in [0.29, 0.717) is 12.0 Å². The van der Waals surface area contributed by atoms with Crippen molar-refractivity contribution in [1.29, 1.82) is 0 Å². The monoisotopic (exact) mass is 286 g/mol. The van der Waals surface area contributed by atoms with Gasteiger partial charge in [-0.3, -0.25) is 0 Å². The predicted molar refractivity (Wildman–Crippen MR) is 81.7 cm³/mol. The van der Waals surface area contributed by atoms with Crippen LogP contribution in [0.25, 0.3) is 0 Å². The van der Waals surface area contributed by atoms with Gasteiger partial charge in [0.2, 0.25) is 0 Å². The molecule has 2 saturated heterocycles. The van der Waals surface area contributed by atoms with Crippen LogP contribution in [0, 0.1) is 12.3 Å². The number of anilines is 1. The van der Waals surface area contributed by atoms with Gasteiger partial charge in [-0.1, -0.05) is 0 Å². The van der Waals surface area contributed by atoms with E-state index in [2.05, 4.69) is 23.2 Å². The summed E-state index contributed by atoms with van der Waals surface area (Å²) in [4.78, 5) is 14.2. The molecule has 1 N–H and O–H groups in total. The number of hydrogen-bond donors (Lipinski definition) is 1. The van der Waals surface area contributed by atoms with Crippen LogP contribution in [0.15, 0.2) is 12.1 Å². The van der Waals surface area contributed by atoms with Gasteiger partial charge in [-0.25, -0.2) is 4.79 Å². The Morgan fingerprint density at radius 1 is 1.24 bits per heavy atom. The lowest BCUT2D eigenvalue weighted by atomic mass is 9.78. The molecule has 3 aliphatic rings. The third-order valence-electron chi connectivity index (χ3n) is 5.58. The quantitative estimate of drug-likeness (QED) is 0.804. The normalized spacial score (nSPS) is 23.5. The summed E-state index contributed by atoms with van der Waals surface area (Å²) < 4.78 is 5.17. The number of carbonyl (C=O) groups is 1. The first kappa shape index (κ1) is 13.1. The van der Waals surface area contributed by atoms with Crippen LogP contribution < -0.4 is 10.2 Å². The van der Waals surface area contributed by atoms with Crippen molar-refractivity contribution in [2.24, 2.45) is 5.41 Å². The molecule has 0 bridgehead atoms. The summed E-state index contributed by atoms with van der Waals surface area (Å²) in [5, 5.41) is 3.47. The second-order valence-corrected chi connectivity index (χ2v) is 6.73. The molecular weight excluding hydrogens is 264 g/mol. The van der Waals surface area contributed by atoms with Crippen molar-refractivity contribution in [3.63, 3.8) is 0 Å². The molecule has 4 rings (SSSR count). The number of nitrogens with zero attached hydrogens (tertiary/aromatic N) is 1. The first-order chi connectivity index (χ1) is 10.2. The first-order valence-corrected chi connectivity index (χ1v) is 7.94. The van der Waals surface area contributed by atoms with Crippen LogP contribution in [-0.2, 0) is 11.3 Å². The fraction of sp³-hybridized carbons (Fsp3) is 0.588. The molecule has 3 aliphatic heterocycles. The number of esters is 1. The third kappa shape index (κ3) is 2.04. The summed E-state index contributed by atoms with van der Waals surface area (Å²) in [7, 11) is 0. The van der Waals surface area contributed by atoms with E-state index in [0.717, 1.165) is 37.3 Å². The summed E-state index contributed by atoms with van der Waals surface area (Å²) in [6, 6.07) is 4.06. The van der Waals surface area contributed by atoms with Gasteiger partial charge < -0.3 is 15.0 Å². The Bertz CT molecular complexity index is 591. The van der Waals surface area contributed by atoms with Gasteiger partial charge in [-0.15, -0.1) is 0 Å². The van der Waals surface area contributed by atoms with Crippen molar-refractivity contribution < 1.29 is 9.53 Å². The Balaban J connectivity index is 1.62. The maximum Gasteiger partial charge on any atom is 0.338 e. The molecule has 1 spiro atoms. The predicted octanol–water partition coefficient (Wildman–Crippen LogP) is 2.25. The summed E-state index contributed by atoms with van der Waals surface area (Å²) in [5.41, 5.74) is 4.87. The maximum atomic E-state index is 11.6. The van der Waals surface area contributed by atoms with Crippen LogP contribution in [0.3, 0.4) is 0 Å². The molecule has 1 aromatic rings. The Labute approximate surface area is 125 Å². The molecule has 0 aliphatic carbocycles. The minimum atomic E-state index is -0.170. The van der Waals surface area contributed by atoms with Gasteiger partial charge in [0.25, 0.3) is 0 Å². The highest BCUT2D eigenvalue weighted by molar-refractivity contribution is 5.94. The van der Waals surface area contributed by atoms with E-state index in [1.54, 1.807) is 0 Å². The van der Waals surface area contributed by atoms with Gasteiger partial charge in [0.05, 0.1) is 5.56 Å². The van der Waals surface area contributed by atoms with Gasteiger partial charge in [0.1, 0.15) is 6.61 Å². The molecule has 0 radical (unpaired) electrons. The van der Waals surface area contributed by atoms with Crippen molar-refractivity contribution in [3.05, 3.63) is 28.8 Å². The largest absolute Gasteiger partial charge is 0.457 e. The Kier molecular flexibility index (Phi) is 2.96. The number of fused-ring (bicyclic) bond motifs is 1. The molecule has 2 fully saturated rings. The van der Waals surface area contributed by atoms with Crippen LogP contribution in [0.1, 0.15) is 40.7 Å². The zero-order valence-corrected chi connectivity index (χ0v) is 12.6. The topological polar surface area (TPSA) is 41.6 Å². The summed E-state index contributed by atoms with van der Waals surface area (Å²) >= 11 is 0. The molecule has 0 saturated carbocycles. The van der Waals surface area contributed by atoms with Gasteiger partial charge in [-0.2, -0.15) is 0 Å². The molecule has 3 heterocycles. The highest BCUT2D eigenvalue weighted by Crippen LogP contribution is 2.42. The summed E-state index contributed by atoms with van der Waals surface area (Å²) in [6.45, 7) is 7.16. The van der Waals surface area contributed by atoms with E-state index in [-0.39, 0.29) is 5.97 Å². The average Bonchev–Trinajstić information content (AvgIpc) is 3.06. The minimum absolute atomic E-state index is 0.170. The van der Waals surface area contributed by atoms with Crippen molar-refractivity contribution >= 4 is 11.7 Å². The number of hydrogen-bond acceptors (Lipinski definition) is 4. The molecule has 0 aromatic heterocycles. The number of benzene rings is 1. The molecule has 0 amide bonds. The SMILES string of the molecule is Cc1c(N2CCC3(CCNCC3)C2)ccc2c1COC2=O. The maximum absolute atomic E-state index is 11.6. The zero-order chi connectivity index (χ0) is 14.4. The van der Waals surface area contributed by atoms with E-state index in [9.17, 15) is 4.79 Å². The zero-order valence-electron chi connectivity index (χ0n) is 12.6. The second-order valence-electron chi connectivity index (χ2n) is 6.73. The summed E-state index contributed by atoms with van der Waals surface area (Å²) in [5.74, 6) is -0.170. The van der Waals surface area contributed by atoms with Crippen LogP contribution in [0.4, 0.5) is 5.69 Å². The van der Waals surface area contributed by atoms with Gasteiger partial charge in [-0.05, 0) is 62.4 Å². The van der Waals surface area contributed by atoms with Crippen molar-refractivity contribution in [3.8, 4) is 0 Å². The number of cyclic esters (lactones) is 1. The highest BCUT2D eigenvalue weighted by Gasteiger charge is 2.39. The van der Waals surface area contributed by atoms with E-state index >= 15 is 0 Å². The second kappa shape index (κ2) is 4.73. The van der Waals surface area contributed by atoms with Crippen molar-refractivity contribution in [1.82, 2.24) is 5.32 Å². The van der Waals surface area contributed by atoms with Crippen molar-refractivity contribution in [2.45, 2.75) is 32.8 Å². The van der Waals surface area contributed by atoms with Gasteiger partial charge in [0, 0.05) is 24.3 Å². The lowest BCUT2D eigenvalue weighted by Crippen LogP contribution is -2.38. The Morgan fingerprint density at radius 3 is 2.86 bits per heavy atom. The fourth-order valence-corrected chi connectivity index (χ4v) is 4.19. The van der Waals surface area contributed by atoms with E-state index < -0.39 is 0 Å². The molecule has 0 atom stereocenters. The van der Waals surface area contributed by atoms with Gasteiger partial charge in [0.15, 0.2) is 0 Å². The van der Waals surface area contributed by atoms with Crippen LogP contribution >= 0.6 is 0 Å². The number of rotatable bonds is 1. The minimum Gasteiger partial charge on any atom is -0.457 e. The molecular formula is C17H22N2O2. The third-order valence-corrected chi connectivity index (χ3v) is 5.58. The molecule has 4 heteroatoms. The molecule has 4 nitrogen and oxygen atoms in total. The molecule has 112 valence electrons. The molecule has 21 heavy (non-hydrogen) atoms. The van der Waals surface area contributed by atoms with Gasteiger partial charge >= 0.3 is 5.97 Å². The molecule has 1 aromatic carbocycles. The molecule has 0 unspecified atom stereocenters. The average molecular weight is 286 g/mol. The lowest BCUT2D eigenvalue weighted by Gasteiger charge is -2.34. The number of nitrogens with one attached hydrogen (secondary N) is 1. The first-order valence-electron chi connectivity index (χ1n) is 7.94. The van der Waals surface area contributed by atoms with Crippen molar-refractivity contribution in [2.75, 3.05) is 31.1 Å². The number of ether oxygens (including phenoxy) is 1. The van der Waals surface area contributed by atoms with Crippen LogP contribution in [0.5, 0.6) is 0 Å². The Hall–Kier alpha value is -1.55.